The molecule has 0 spiro atoms. The van der Waals surface area contributed by atoms with Crippen molar-refractivity contribution in [1.82, 2.24) is 5.32 Å². The van der Waals surface area contributed by atoms with Gasteiger partial charge in [0.1, 0.15) is 0 Å². The molecule has 1 unspecified atom stereocenters. The highest BCUT2D eigenvalue weighted by atomic mass is 16.5. The van der Waals surface area contributed by atoms with Gasteiger partial charge in [0.2, 0.25) is 0 Å². The molecule has 3 nitrogen and oxygen atoms in total. The van der Waals surface area contributed by atoms with Crippen LogP contribution in [0.4, 0.5) is 0 Å². The van der Waals surface area contributed by atoms with Gasteiger partial charge in [0.15, 0.2) is 0 Å². The van der Waals surface area contributed by atoms with Crippen molar-refractivity contribution in [1.29, 1.82) is 5.26 Å². The van der Waals surface area contributed by atoms with E-state index < -0.39 is 0 Å². The normalized spacial score (nSPS) is 16.0. The second-order valence-corrected chi connectivity index (χ2v) is 5.28. The Hall–Kier alpha value is -1.37. The van der Waals surface area contributed by atoms with E-state index in [1.165, 1.54) is 18.4 Å². The number of rotatable bonds is 8. The Morgan fingerprint density at radius 1 is 1.37 bits per heavy atom. The maximum Gasteiger partial charge on any atom is 0.0991 e. The lowest BCUT2D eigenvalue weighted by molar-refractivity contribution is 0.121. The number of nitrogens with one attached hydrogen (secondary N) is 1. The minimum absolute atomic E-state index is 0.316. The van der Waals surface area contributed by atoms with Crippen LogP contribution >= 0.6 is 0 Å². The lowest BCUT2D eigenvalue weighted by Crippen LogP contribution is -2.21. The van der Waals surface area contributed by atoms with Crippen molar-refractivity contribution in [3.05, 3.63) is 35.4 Å². The van der Waals surface area contributed by atoms with Crippen molar-refractivity contribution in [2.75, 3.05) is 19.8 Å². The van der Waals surface area contributed by atoms with Gasteiger partial charge in [-0.15, -0.1) is 0 Å². The summed E-state index contributed by atoms with van der Waals surface area (Å²) in [4.78, 5) is 0. The first kappa shape index (κ1) is 14.0. The molecule has 102 valence electrons. The minimum Gasteiger partial charge on any atom is -0.381 e. The molecule has 1 aliphatic carbocycles. The summed E-state index contributed by atoms with van der Waals surface area (Å²) in [6.45, 7) is 4.91. The van der Waals surface area contributed by atoms with E-state index in [1.807, 2.05) is 24.3 Å². The van der Waals surface area contributed by atoms with Crippen LogP contribution in [0, 0.1) is 17.2 Å². The zero-order valence-electron chi connectivity index (χ0n) is 11.6. The van der Waals surface area contributed by atoms with Crippen LogP contribution in [-0.4, -0.2) is 19.8 Å². The van der Waals surface area contributed by atoms with Crippen molar-refractivity contribution in [2.45, 2.75) is 32.2 Å². The van der Waals surface area contributed by atoms with Crippen LogP contribution in [0.15, 0.2) is 24.3 Å². The maximum absolute atomic E-state index is 8.75. The summed E-state index contributed by atoms with van der Waals surface area (Å²) in [5, 5.41) is 12.2. The number of hydrogen-bond acceptors (Lipinski definition) is 3. The molecule has 1 atom stereocenters. The lowest BCUT2D eigenvalue weighted by Gasteiger charge is -2.14. The summed E-state index contributed by atoms with van der Waals surface area (Å²) in [5.41, 5.74) is 1.93. The van der Waals surface area contributed by atoms with E-state index in [9.17, 15) is 0 Å². The average molecular weight is 258 g/mol. The lowest BCUT2D eigenvalue weighted by atomic mass is 10.1. The summed E-state index contributed by atoms with van der Waals surface area (Å²) in [7, 11) is 0. The van der Waals surface area contributed by atoms with Crippen LogP contribution < -0.4 is 5.32 Å². The molecule has 3 heteroatoms. The van der Waals surface area contributed by atoms with Crippen molar-refractivity contribution >= 4 is 0 Å². The molecule has 1 N–H and O–H groups in total. The number of nitrogens with zero attached hydrogens (tertiary/aromatic N) is 1. The average Bonchev–Trinajstić information content (AvgIpc) is 3.26. The topological polar surface area (TPSA) is 45.0 Å². The molecule has 0 aliphatic heterocycles. The van der Waals surface area contributed by atoms with Gasteiger partial charge in [-0.05, 0) is 56.3 Å². The Morgan fingerprint density at radius 3 is 2.74 bits per heavy atom. The molecular weight excluding hydrogens is 236 g/mol. The van der Waals surface area contributed by atoms with Crippen molar-refractivity contribution in [3.8, 4) is 6.07 Å². The first-order chi connectivity index (χ1) is 9.29. The zero-order chi connectivity index (χ0) is 13.5. The van der Waals surface area contributed by atoms with Gasteiger partial charge < -0.3 is 10.1 Å². The van der Waals surface area contributed by atoms with E-state index >= 15 is 0 Å². The fourth-order valence-corrected chi connectivity index (χ4v) is 1.99. The van der Waals surface area contributed by atoms with E-state index in [2.05, 4.69) is 18.3 Å². The molecule has 0 radical (unpaired) electrons. The Morgan fingerprint density at radius 2 is 2.11 bits per heavy atom. The molecule has 1 aromatic carbocycles. The van der Waals surface area contributed by atoms with Crippen LogP contribution in [0.25, 0.3) is 0 Å². The summed E-state index contributed by atoms with van der Waals surface area (Å²) >= 11 is 0. The van der Waals surface area contributed by atoms with Gasteiger partial charge in [-0.3, -0.25) is 0 Å². The number of benzene rings is 1. The molecule has 1 aliphatic rings. The molecule has 0 amide bonds. The zero-order valence-corrected chi connectivity index (χ0v) is 11.6. The molecule has 19 heavy (non-hydrogen) atoms. The van der Waals surface area contributed by atoms with Crippen LogP contribution in [0.1, 0.15) is 43.4 Å². The van der Waals surface area contributed by atoms with E-state index in [0.29, 0.717) is 11.6 Å². The molecule has 0 bridgehead atoms. The van der Waals surface area contributed by atoms with E-state index in [0.717, 1.165) is 32.1 Å². The molecule has 1 aromatic rings. The van der Waals surface area contributed by atoms with E-state index in [4.69, 9.17) is 10.00 Å². The van der Waals surface area contributed by atoms with Gasteiger partial charge in [-0.25, -0.2) is 0 Å². The second kappa shape index (κ2) is 7.28. The van der Waals surface area contributed by atoms with Gasteiger partial charge in [0, 0.05) is 19.3 Å². The Kier molecular flexibility index (Phi) is 5.38. The van der Waals surface area contributed by atoms with Crippen LogP contribution in [0.3, 0.4) is 0 Å². The highest BCUT2D eigenvalue weighted by Gasteiger charge is 2.20. The monoisotopic (exact) mass is 258 g/mol. The first-order valence-electron chi connectivity index (χ1n) is 7.11. The molecule has 0 saturated heterocycles. The fraction of sp³-hybridized carbons (Fsp3) is 0.562. The largest absolute Gasteiger partial charge is 0.381 e. The molecule has 0 aromatic heterocycles. The third-order valence-corrected chi connectivity index (χ3v) is 3.51. The van der Waals surface area contributed by atoms with Crippen LogP contribution in [0.5, 0.6) is 0 Å². The van der Waals surface area contributed by atoms with Crippen molar-refractivity contribution in [3.63, 3.8) is 0 Å². The molecule has 1 fully saturated rings. The van der Waals surface area contributed by atoms with Gasteiger partial charge in [-0.1, -0.05) is 12.1 Å². The Labute approximate surface area is 115 Å². The van der Waals surface area contributed by atoms with Crippen LogP contribution in [-0.2, 0) is 4.74 Å². The molecular formula is C16H22N2O. The van der Waals surface area contributed by atoms with Gasteiger partial charge in [0.05, 0.1) is 11.6 Å². The molecule has 2 rings (SSSR count). The Bertz CT molecular complexity index is 417. The quantitative estimate of drug-likeness (QED) is 0.729. The minimum atomic E-state index is 0.316. The molecule has 1 saturated carbocycles. The third kappa shape index (κ3) is 5.02. The summed E-state index contributed by atoms with van der Waals surface area (Å²) in [5.74, 6) is 0.852. The fourth-order valence-electron chi connectivity index (χ4n) is 1.99. The summed E-state index contributed by atoms with van der Waals surface area (Å²) in [6, 6.07) is 10.2. The second-order valence-electron chi connectivity index (χ2n) is 5.28. The van der Waals surface area contributed by atoms with Crippen LogP contribution in [0.2, 0.25) is 0 Å². The van der Waals surface area contributed by atoms with Gasteiger partial charge >= 0.3 is 0 Å². The first-order valence-corrected chi connectivity index (χ1v) is 7.11. The highest BCUT2D eigenvalue weighted by molar-refractivity contribution is 5.32. The SMILES string of the molecule is CC(NCCCOCC1CC1)c1ccc(C#N)cc1. The van der Waals surface area contributed by atoms with E-state index in [-0.39, 0.29) is 0 Å². The third-order valence-electron chi connectivity index (χ3n) is 3.51. The number of hydrogen-bond donors (Lipinski definition) is 1. The summed E-state index contributed by atoms with van der Waals surface area (Å²) < 4.78 is 5.60. The standard InChI is InChI=1S/C16H22N2O/c1-13(16-7-5-14(11-17)6-8-16)18-9-2-10-19-12-15-3-4-15/h5-8,13,15,18H,2-4,9-10,12H2,1H3. The van der Waals surface area contributed by atoms with Crippen molar-refractivity contribution in [2.24, 2.45) is 5.92 Å². The Balaban J connectivity index is 1.59. The van der Waals surface area contributed by atoms with Gasteiger partial charge in [-0.2, -0.15) is 5.26 Å². The number of ether oxygens (including phenoxy) is 1. The van der Waals surface area contributed by atoms with E-state index in [1.54, 1.807) is 0 Å². The van der Waals surface area contributed by atoms with Crippen molar-refractivity contribution < 1.29 is 4.74 Å². The maximum atomic E-state index is 8.75. The number of nitriles is 1. The van der Waals surface area contributed by atoms with Gasteiger partial charge in [0.25, 0.3) is 0 Å². The smallest absolute Gasteiger partial charge is 0.0991 e. The highest BCUT2D eigenvalue weighted by Crippen LogP contribution is 2.28. The predicted octanol–water partition coefficient (Wildman–Crippen LogP) is 3.03. The molecule has 0 heterocycles. The predicted molar refractivity (Wildman–Crippen MR) is 75.7 cm³/mol. The summed E-state index contributed by atoms with van der Waals surface area (Å²) in [6.07, 6.45) is 3.76.